The van der Waals surface area contributed by atoms with Crippen LogP contribution in [-0.2, 0) is 31.1 Å². The minimum absolute atomic E-state index is 0.125. The number of pyridine rings is 1. The first-order chi connectivity index (χ1) is 30.4. The van der Waals surface area contributed by atoms with Crippen LogP contribution in [0.2, 0.25) is 10.0 Å². The number of piperidine rings is 1. The number of anilines is 2. The first-order valence-corrected chi connectivity index (χ1v) is 21.8. The predicted octanol–water partition coefficient (Wildman–Crippen LogP) is 6.14. The molecule has 16 heteroatoms. The van der Waals surface area contributed by atoms with Gasteiger partial charge in [-0.1, -0.05) is 78.6 Å². The number of hydrogen-bond donors (Lipinski definition) is 5. The van der Waals surface area contributed by atoms with Crippen molar-refractivity contribution in [1.29, 1.82) is 0 Å². The van der Waals surface area contributed by atoms with Crippen molar-refractivity contribution < 1.29 is 33.2 Å². The number of aromatic nitrogens is 1. The first kappa shape index (κ1) is 42.2. The van der Waals surface area contributed by atoms with Crippen LogP contribution >= 0.6 is 23.2 Å². The number of carbonyl (C=O) groups excluding carboxylic acids is 6. The second kappa shape index (κ2) is 16.9. The zero-order chi connectivity index (χ0) is 44.0. The van der Waals surface area contributed by atoms with Gasteiger partial charge < -0.3 is 20.9 Å². The van der Waals surface area contributed by atoms with E-state index in [0.717, 1.165) is 24.8 Å². The Labute approximate surface area is 372 Å². The van der Waals surface area contributed by atoms with Crippen molar-refractivity contribution in [3.8, 4) is 11.8 Å². The van der Waals surface area contributed by atoms with Crippen LogP contribution < -0.4 is 26.6 Å². The van der Waals surface area contributed by atoms with Gasteiger partial charge in [0.1, 0.15) is 23.1 Å². The number of imide groups is 1. The highest BCUT2D eigenvalue weighted by Crippen LogP contribution is 2.63. The number of carbonyl (C=O) groups is 6. The molecule has 322 valence electrons. The standard InChI is InChI=1S/C47H42Cl2FN7O6/c48-28-15-16-32-34(23-28)53-45(63)47(32)38(30-12-8-13-33(49)39(30)50)40(56-46(47)20-4-2-5-21-46)43(61)54-36-18-14-27(24-52-36)41(59)51-22-6-1-3-9-26-10-7-11-29-31(26)25-57(44(29)62)35-17-19-37(58)55-42(35)60/h7-8,10-16,18,23-24,35,38,40,56H,1-2,4-6,17,19-22,25H2,(H,51,59)(H,53,63)(H,52,54,61)(H,55,58,60)/t35?,38-,40+,47+/m0/s1. The van der Waals surface area contributed by atoms with E-state index in [0.29, 0.717) is 59.6 Å². The summed E-state index contributed by atoms with van der Waals surface area (Å²) in [6.45, 7) is 0.548. The SMILES string of the molecule is O=C1CCC(N2Cc3c(C#CCCCNC(=O)c4ccc(NC(=O)[C@@H]5NC6(CCCCC6)[C@@]6(C(=O)Nc7cc(Cl)ccc76)[C@H]5c5cccc(Cl)c5F)nc4)cccc3C2=O)C(=O)N1. The fourth-order valence-electron chi connectivity index (χ4n) is 10.4. The summed E-state index contributed by atoms with van der Waals surface area (Å²) in [6.07, 6.45) is 6.50. The Kier molecular flexibility index (Phi) is 11.3. The summed E-state index contributed by atoms with van der Waals surface area (Å²) < 4.78 is 16.2. The summed E-state index contributed by atoms with van der Waals surface area (Å²) in [5, 5.41) is 14.9. The van der Waals surface area contributed by atoms with Crippen LogP contribution in [0.4, 0.5) is 15.9 Å². The molecule has 5 heterocycles. The number of rotatable bonds is 8. The quantitative estimate of drug-likeness (QED) is 0.0796. The van der Waals surface area contributed by atoms with E-state index in [2.05, 4.69) is 43.4 Å². The third-order valence-corrected chi connectivity index (χ3v) is 13.7. The molecule has 6 amide bonds. The smallest absolute Gasteiger partial charge is 0.255 e. The van der Waals surface area contributed by atoms with Gasteiger partial charge in [-0.05, 0) is 84.8 Å². The Morgan fingerprint density at radius 2 is 1.78 bits per heavy atom. The zero-order valence-corrected chi connectivity index (χ0v) is 35.4. The van der Waals surface area contributed by atoms with Crippen molar-refractivity contribution in [2.75, 3.05) is 17.2 Å². The van der Waals surface area contributed by atoms with Gasteiger partial charge in [-0.25, -0.2) is 9.37 Å². The summed E-state index contributed by atoms with van der Waals surface area (Å²) in [7, 11) is 0. The van der Waals surface area contributed by atoms with Crippen molar-refractivity contribution in [2.24, 2.45) is 0 Å². The molecule has 9 rings (SSSR count). The largest absolute Gasteiger partial charge is 0.352 e. The molecule has 3 fully saturated rings. The van der Waals surface area contributed by atoms with Crippen molar-refractivity contribution in [2.45, 2.75) is 93.3 Å². The molecule has 1 aliphatic carbocycles. The van der Waals surface area contributed by atoms with E-state index in [-0.39, 0.29) is 65.0 Å². The van der Waals surface area contributed by atoms with Crippen molar-refractivity contribution >= 4 is 70.2 Å². The van der Waals surface area contributed by atoms with Crippen LogP contribution in [0.3, 0.4) is 0 Å². The lowest BCUT2D eigenvalue weighted by molar-refractivity contribution is -0.137. The van der Waals surface area contributed by atoms with E-state index in [1.54, 1.807) is 42.5 Å². The first-order valence-electron chi connectivity index (χ1n) is 21.1. The molecule has 1 unspecified atom stereocenters. The number of amides is 6. The Hall–Kier alpha value is -6.14. The monoisotopic (exact) mass is 889 g/mol. The van der Waals surface area contributed by atoms with E-state index in [9.17, 15) is 28.8 Å². The summed E-state index contributed by atoms with van der Waals surface area (Å²) in [5.41, 5.74) is 1.19. The Balaban J connectivity index is 0.860. The molecule has 5 N–H and O–H groups in total. The van der Waals surface area contributed by atoms with Crippen LogP contribution in [0.1, 0.15) is 107 Å². The molecule has 4 aromatic rings. The number of hydrogen-bond acceptors (Lipinski definition) is 8. The van der Waals surface area contributed by atoms with Gasteiger partial charge >= 0.3 is 0 Å². The predicted molar refractivity (Wildman–Crippen MR) is 232 cm³/mol. The molecule has 5 aliphatic rings. The lowest BCUT2D eigenvalue weighted by atomic mass is 9.55. The Morgan fingerprint density at radius 3 is 2.56 bits per heavy atom. The van der Waals surface area contributed by atoms with E-state index < -0.39 is 46.6 Å². The molecule has 4 atom stereocenters. The highest BCUT2D eigenvalue weighted by molar-refractivity contribution is 6.31. The highest BCUT2D eigenvalue weighted by Gasteiger charge is 2.72. The maximum atomic E-state index is 16.2. The number of fused-ring (bicyclic) bond motifs is 4. The second-order valence-electron chi connectivity index (χ2n) is 16.7. The number of nitrogens with zero attached hydrogens (tertiary/aromatic N) is 2. The topological polar surface area (TPSA) is 179 Å². The van der Waals surface area contributed by atoms with Gasteiger partial charge in [-0.2, -0.15) is 0 Å². The highest BCUT2D eigenvalue weighted by atomic mass is 35.5. The van der Waals surface area contributed by atoms with E-state index in [4.69, 9.17) is 23.2 Å². The van der Waals surface area contributed by atoms with Crippen LogP contribution in [-0.4, -0.2) is 69.5 Å². The maximum absolute atomic E-state index is 16.2. The molecule has 4 aliphatic heterocycles. The number of halogens is 3. The van der Waals surface area contributed by atoms with Gasteiger partial charge in [0.15, 0.2) is 0 Å². The average molecular weight is 891 g/mol. The van der Waals surface area contributed by atoms with Crippen LogP contribution in [0.15, 0.2) is 72.9 Å². The van der Waals surface area contributed by atoms with Crippen molar-refractivity contribution in [1.82, 2.24) is 25.8 Å². The van der Waals surface area contributed by atoms with Gasteiger partial charge in [0.05, 0.1) is 16.6 Å². The fraction of sp³-hybridized carbons (Fsp3) is 0.340. The number of unbranched alkanes of at least 4 members (excludes halogenated alkanes) is 1. The van der Waals surface area contributed by atoms with Gasteiger partial charge in [0.25, 0.3) is 11.8 Å². The summed E-state index contributed by atoms with van der Waals surface area (Å²) in [5.74, 6) is 2.37. The van der Waals surface area contributed by atoms with Crippen LogP contribution in [0, 0.1) is 17.7 Å². The minimum Gasteiger partial charge on any atom is -0.352 e. The minimum atomic E-state index is -1.38. The average Bonchev–Trinajstić information content (AvgIpc) is 3.87. The molecule has 63 heavy (non-hydrogen) atoms. The Bertz CT molecular complexity index is 2660. The van der Waals surface area contributed by atoms with Gasteiger partial charge in [-0.3, -0.25) is 39.4 Å². The molecule has 3 aromatic carbocycles. The lowest BCUT2D eigenvalue weighted by Gasteiger charge is -2.47. The molecular formula is C47H42Cl2FN7O6. The number of benzene rings is 3. The molecule has 1 aromatic heterocycles. The summed E-state index contributed by atoms with van der Waals surface area (Å²) in [6, 6.07) is 16.3. The van der Waals surface area contributed by atoms with Crippen LogP contribution in [0.5, 0.6) is 0 Å². The molecule has 2 saturated heterocycles. The third-order valence-electron chi connectivity index (χ3n) is 13.2. The van der Waals surface area contributed by atoms with Crippen LogP contribution in [0.25, 0.3) is 0 Å². The Morgan fingerprint density at radius 1 is 0.968 bits per heavy atom. The zero-order valence-electron chi connectivity index (χ0n) is 33.9. The van der Waals surface area contributed by atoms with E-state index in [1.165, 1.54) is 29.3 Å². The van der Waals surface area contributed by atoms with Gasteiger partial charge in [0, 0.05) is 65.4 Å². The van der Waals surface area contributed by atoms with E-state index >= 15 is 4.39 Å². The molecule has 1 saturated carbocycles. The normalized spacial score (nSPS) is 23.2. The lowest BCUT2D eigenvalue weighted by Crippen LogP contribution is -2.60. The third kappa shape index (κ3) is 7.31. The number of nitrogens with one attached hydrogen (secondary N) is 5. The van der Waals surface area contributed by atoms with Crippen molar-refractivity contribution in [3.63, 3.8) is 0 Å². The van der Waals surface area contributed by atoms with E-state index in [1.807, 2.05) is 6.07 Å². The molecule has 0 radical (unpaired) electrons. The second-order valence-corrected chi connectivity index (χ2v) is 17.5. The molecule has 0 bridgehead atoms. The van der Waals surface area contributed by atoms with Crippen molar-refractivity contribution in [3.05, 3.63) is 122 Å². The summed E-state index contributed by atoms with van der Waals surface area (Å²) >= 11 is 12.7. The molecule has 13 nitrogen and oxygen atoms in total. The van der Waals surface area contributed by atoms with Gasteiger partial charge in [-0.15, -0.1) is 0 Å². The molecule has 2 spiro atoms. The summed E-state index contributed by atoms with van der Waals surface area (Å²) in [4.78, 5) is 85.2. The molecular weight excluding hydrogens is 848 g/mol. The fourth-order valence-corrected chi connectivity index (χ4v) is 10.7. The maximum Gasteiger partial charge on any atom is 0.255 e. The van der Waals surface area contributed by atoms with Gasteiger partial charge in [0.2, 0.25) is 23.6 Å².